The zero-order valence-corrected chi connectivity index (χ0v) is 19.2. The normalized spacial score (nSPS) is 21.1. The van der Waals surface area contributed by atoms with Gasteiger partial charge < -0.3 is 10.1 Å². The van der Waals surface area contributed by atoms with Crippen molar-refractivity contribution in [2.24, 2.45) is 11.8 Å². The molecule has 0 saturated heterocycles. The minimum atomic E-state index is -0.00177. The van der Waals surface area contributed by atoms with Gasteiger partial charge in [-0.2, -0.15) is 0 Å². The van der Waals surface area contributed by atoms with Crippen LogP contribution in [0.15, 0.2) is 64.5 Å². The van der Waals surface area contributed by atoms with Gasteiger partial charge in [-0.1, -0.05) is 56.7 Å². The first-order valence-corrected chi connectivity index (χ1v) is 12.0. The third-order valence-corrected chi connectivity index (χ3v) is 7.24. The van der Waals surface area contributed by atoms with Gasteiger partial charge in [0.1, 0.15) is 10.8 Å². The average molecular weight is 435 g/mol. The van der Waals surface area contributed by atoms with E-state index in [4.69, 9.17) is 9.72 Å². The number of ether oxygens (including phenoxy) is 1. The lowest BCUT2D eigenvalue weighted by molar-refractivity contribution is 0.0892. The maximum absolute atomic E-state index is 13.3. The van der Waals surface area contributed by atoms with Crippen molar-refractivity contribution in [2.75, 3.05) is 6.61 Å². The topological polar surface area (TPSA) is 51.2 Å². The lowest BCUT2D eigenvalue weighted by Gasteiger charge is -2.34. The fourth-order valence-electron chi connectivity index (χ4n) is 4.31. The number of fused-ring (bicyclic) bond motifs is 1. The van der Waals surface area contributed by atoms with Crippen LogP contribution in [0, 0.1) is 11.8 Å². The summed E-state index contributed by atoms with van der Waals surface area (Å²) in [6, 6.07) is 18.0. The summed E-state index contributed by atoms with van der Waals surface area (Å²) >= 11 is 1.56. The molecule has 1 aromatic heterocycles. The van der Waals surface area contributed by atoms with Crippen LogP contribution in [0.25, 0.3) is 10.9 Å². The molecule has 1 amide bonds. The van der Waals surface area contributed by atoms with Gasteiger partial charge in [0.15, 0.2) is 0 Å². The number of benzene rings is 2. The van der Waals surface area contributed by atoms with E-state index in [1.165, 1.54) is 12.8 Å². The van der Waals surface area contributed by atoms with E-state index in [1.807, 2.05) is 61.5 Å². The maximum atomic E-state index is 13.3. The number of carbonyl (C=O) groups is 1. The van der Waals surface area contributed by atoms with Crippen LogP contribution >= 0.6 is 11.8 Å². The standard InChI is InChI=1S/C26H30N2O2S/c1-4-30-19-12-14-20(15-13-19)31-25-16-22(21-9-5-6-10-24(21)27-25)26(29)28-23-11-7-8-17(2)18(23)3/h5-6,9-10,12-18,23H,4,7-8,11H2,1-3H3,(H,28,29)/t17-,18+,23+/m0/s1. The molecule has 0 bridgehead atoms. The first-order chi connectivity index (χ1) is 15.0. The van der Waals surface area contributed by atoms with E-state index < -0.39 is 0 Å². The number of pyridine rings is 1. The molecule has 2 aromatic carbocycles. The van der Waals surface area contributed by atoms with Gasteiger partial charge in [-0.3, -0.25) is 4.79 Å². The van der Waals surface area contributed by atoms with E-state index in [0.29, 0.717) is 24.0 Å². The predicted molar refractivity (Wildman–Crippen MR) is 127 cm³/mol. The summed E-state index contributed by atoms with van der Waals surface area (Å²) in [5.41, 5.74) is 1.54. The number of amides is 1. The first-order valence-electron chi connectivity index (χ1n) is 11.2. The lowest BCUT2D eigenvalue weighted by Crippen LogP contribution is -2.43. The van der Waals surface area contributed by atoms with Crippen LogP contribution in [0.1, 0.15) is 50.4 Å². The Hall–Kier alpha value is -2.53. The highest BCUT2D eigenvalue weighted by Crippen LogP contribution is 2.32. The first kappa shape index (κ1) is 21.7. The Morgan fingerprint density at radius 1 is 1.13 bits per heavy atom. The minimum absolute atomic E-state index is 0.00177. The fourth-order valence-corrected chi connectivity index (χ4v) is 5.15. The number of nitrogens with one attached hydrogen (secondary N) is 1. The smallest absolute Gasteiger partial charge is 0.252 e. The SMILES string of the molecule is CCOc1ccc(Sc2cc(C(=O)N[C@@H]3CCC[C@H](C)[C@H]3C)c3ccccc3n2)cc1. The van der Waals surface area contributed by atoms with Gasteiger partial charge in [-0.05, 0) is 61.6 Å². The van der Waals surface area contributed by atoms with Crippen LogP contribution < -0.4 is 10.1 Å². The van der Waals surface area contributed by atoms with Crippen LogP contribution in [0.2, 0.25) is 0 Å². The molecule has 4 nitrogen and oxygen atoms in total. The number of hydrogen-bond acceptors (Lipinski definition) is 4. The molecule has 0 spiro atoms. The number of para-hydroxylation sites is 1. The summed E-state index contributed by atoms with van der Waals surface area (Å²) in [5.74, 6) is 1.98. The Kier molecular flexibility index (Phi) is 6.81. The molecule has 4 rings (SSSR count). The van der Waals surface area contributed by atoms with Gasteiger partial charge in [-0.25, -0.2) is 4.98 Å². The van der Waals surface area contributed by atoms with E-state index in [1.54, 1.807) is 11.8 Å². The van der Waals surface area contributed by atoms with Crippen LogP contribution in [0.4, 0.5) is 0 Å². The van der Waals surface area contributed by atoms with Crippen molar-refractivity contribution in [1.82, 2.24) is 10.3 Å². The highest BCUT2D eigenvalue weighted by molar-refractivity contribution is 7.99. The molecule has 1 saturated carbocycles. The molecule has 1 fully saturated rings. The molecule has 1 aliphatic carbocycles. The second-order valence-corrected chi connectivity index (χ2v) is 9.47. The highest BCUT2D eigenvalue weighted by Gasteiger charge is 2.29. The third-order valence-electron chi connectivity index (χ3n) is 6.32. The number of carbonyl (C=O) groups excluding carboxylic acids is 1. The molecule has 0 unspecified atom stereocenters. The zero-order chi connectivity index (χ0) is 21.8. The van der Waals surface area contributed by atoms with E-state index >= 15 is 0 Å². The number of rotatable bonds is 6. The molecule has 1 N–H and O–H groups in total. The van der Waals surface area contributed by atoms with Crippen LogP contribution in [0.3, 0.4) is 0 Å². The van der Waals surface area contributed by atoms with Crippen molar-refractivity contribution >= 4 is 28.6 Å². The Morgan fingerprint density at radius 3 is 2.68 bits per heavy atom. The average Bonchev–Trinajstić information content (AvgIpc) is 2.78. The predicted octanol–water partition coefficient (Wildman–Crippen LogP) is 6.34. The van der Waals surface area contributed by atoms with E-state index in [0.717, 1.165) is 33.0 Å². The second kappa shape index (κ2) is 9.73. The molecule has 31 heavy (non-hydrogen) atoms. The van der Waals surface area contributed by atoms with Crippen molar-refractivity contribution in [3.63, 3.8) is 0 Å². The van der Waals surface area contributed by atoms with Crippen molar-refractivity contribution in [3.8, 4) is 5.75 Å². The van der Waals surface area contributed by atoms with Crippen molar-refractivity contribution in [3.05, 3.63) is 60.2 Å². The Bertz CT molecular complexity index is 1050. The molecule has 0 aliphatic heterocycles. The van der Waals surface area contributed by atoms with Crippen LogP contribution in [-0.2, 0) is 0 Å². The van der Waals surface area contributed by atoms with Gasteiger partial charge in [0.2, 0.25) is 0 Å². The van der Waals surface area contributed by atoms with Gasteiger partial charge in [0.05, 0.1) is 17.7 Å². The largest absolute Gasteiger partial charge is 0.494 e. The number of aromatic nitrogens is 1. The molecular formula is C26H30N2O2S. The van der Waals surface area contributed by atoms with Gasteiger partial charge in [0.25, 0.3) is 5.91 Å². The third kappa shape index (κ3) is 5.04. The van der Waals surface area contributed by atoms with E-state index in [2.05, 4.69) is 19.2 Å². The molecule has 3 atom stereocenters. The van der Waals surface area contributed by atoms with Gasteiger partial charge in [0, 0.05) is 16.3 Å². The summed E-state index contributed by atoms with van der Waals surface area (Å²) in [5, 5.41) is 5.04. The minimum Gasteiger partial charge on any atom is -0.494 e. The van der Waals surface area contributed by atoms with Crippen LogP contribution in [0.5, 0.6) is 5.75 Å². The second-order valence-electron chi connectivity index (χ2n) is 8.38. The van der Waals surface area contributed by atoms with Gasteiger partial charge >= 0.3 is 0 Å². The molecular weight excluding hydrogens is 404 g/mol. The molecule has 1 aliphatic rings. The van der Waals surface area contributed by atoms with Gasteiger partial charge in [-0.15, -0.1) is 0 Å². The zero-order valence-electron chi connectivity index (χ0n) is 18.4. The molecule has 162 valence electrons. The summed E-state index contributed by atoms with van der Waals surface area (Å²) in [7, 11) is 0. The van der Waals surface area contributed by atoms with Crippen LogP contribution in [-0.4, -0.2) is 23.5 Å². The van der Waals surface area contributed by atoms with Crippen molar-refractivity contribution < 1.29 is 9.53 Å². The Labute approximate surface area is 188 Å². The summed E-state index contributed by atoms with van der Waals surface area (Å²) in [6.45, 7) is 7.17. The Balaban J connectivity index is 1.61. The molecule has 1 heterocycles. The molecule has 0 radical (unpaired) electrons. The number of nitrogens with zero attached hydrogens (tertiary/aromatic N) is 1. The Morgan fingerprint density at radius 2 is 1.90 bits per heavy atom. The monoisotopic (exact) mass is 434 g/mol. The summed E-state index contributed by atoms with van der Waals surface area (Å²) in [6.07, 6.45) is 3.47. The summed E-state index contributed by atoms with van der Waals surface area (Å²) < 4.78 is 5.53. The highest BCUT2D eigenvalue weighted by atomic mass is 32.2. The van der Waals surface area contributed by atoms with E-state index in [9.17, 15) is 4.79 Å². The quantitative estimate of drug-likeness (QED) is 0.492. The lowest BCUT2D eigenvalue weighted by atomic mass is 9.78. The van der Waals surface area contributed by atoms with E-state index in [-0.39, 0.29) is 11.9 Å². The fraction of sp³-hybridized carbons (Fsp3) is 0.385. The number of hydrogen-bond donors (Lipinski definition) is 1. The van der Waals surface area contributed by atoms with Crippen molar-refractivity contribution in [1.29, 1.82) is 0 Å². The summed E-state index contributed by atoms with van der Waals surface area (Å²) in [4.78, 5) is 19.2. The van der Waals surface area contributed by atoms with Crippen molar-refractivity contribution in [2.45, 2.75) is 56.0 Å². The molecule has 5 heteroatoms. The molecule has 3 aromatic rings. The maximum Gasteiger partial charge on any atom is 0.252 e.